The number of piperidine rings is 1. The van der Waals surface area contributed by atoms with Crippen molar-refractivity contribution >= 4 is 29.3 Å². The quantitative estimate of drug-likeness (QED) is 0.690. The number of nitrogens with one attached hydrogen (secondary N) is 3. The van der Waals surface area contributed by atoms with Crippen molar-refractivity contribution in [1.82, 2.24) is 10.6 Å². The lowest BCUT2D eigenvalue weighted by Gasteiger charge is -2.21. The second-order valence-corrected chi connectivity index (χ2v) is 4.74. The Morgan fingerprint density at radius 1 is 1.29 bits per heavy atom. The van der Waals surface area contributed by atoms with Gasteiger partial charge in [0.15, 0.2) is 0 Å². The number of imide groups is 1. The third-order valence-electron chi connectivity index (χ3n) is 2.99. The van der Waals surface area contributed by atoms with Gasteiger partial charge in [-0.15, -0.1) is 0 Å². The molecule has 21 heavy (non-hydrogen) atoms. The van der Waals surface area contributed by atoms with E-state index in [4.69, 9.17) is 0 Å². The topological polar surface area (TPSA) is 104 Å². The van der Waals surface area contributed by atoms with Gasteiger partial charge in [0.25, 0.3) is 5.91 Å². The van der Waals surface area contributed by atoms with Crippen LogP contribution in [-0.4, -0.2) is 29.7 Å². The smallest absolute Gasteiger partial charge is 0.252 e. The lowest BCUT2D eigenvalue weighted by molar-refractivity contribution is -0.134. The molecule has 1 saturated heterocycles. The van der Waals surface area contributed by atoms with Crippen molar-refractivity contribution in [3.05, 3.63) is 29.8 Å². The Labute approximate surface area is 121 Å². The van der Waals surface area contributed by atoms with E-state index < -0.39 is 17.9 Å². The van der Waals surface area contributed by atoms with Gasteiger partial charge in [0.1, 0.15) is 6.04 Å². The summed E-state index contributed by atoms with van der Waals surface area (Å²) in [5.41, 5.74) is 0.823. The molecule has 0 aromatic heterocycles. The van der Waals surface area contributed by atoms with E-state index in [-0.39, 0.29) is 24.7 Å². The van der Waals surface area contributed by atoms with Gasteiger partial charge in [-0.1, -0.05) is 6.07 Å². The Morgan fingerprint density at radius 3 is 2.71 bits per heavy atom. The lowest BCUT2D eigenvalue weighted by atomic mass is 10.1. The van der Waals surface area contributed by atoms with E-state index in [1.807, 2.05) is 0 Å². The van der Waals surface area contributed by atoms with E-state index in [0.29, 0.717) is 11.3 Å². The number of anilines is 1. The molecular weight excluding hydrogens is 274 g/mol. The fraction of sp³-hybridized carbons (Fsp3) is 0.286. The normalized spacial score (nSPS) is 17.9. The van der Waals surface area contributed by atoms with Crippen LogP contribution in [0.5, 0.6) is 0 Å². The predicted octanol–water partition coefficient (Wildman–Crippen LogP) is 0.180. The van der Waals surface area contributed by atoms with Crippen LogP contribution in [0.25, 0.3) is 0 Å². The molecule has 1 heterocycles. The Balaban J connectivity index is 2.04. The van der Waals surface area contributed by atoms with Crippen molar-refractivity contribution in [3.63, 3.8) is 0 Å². The average Bonchev–Trinajstić information content (AvgIpc) is 2.41. The molecule has 1 fully saturated rings. The van der Waals surface area contributed by atoms with Crippen LogP contribution in [0.3, 0.4) is 0 Å². The van der Waals surface area contributed by atoms with Gasteiger partial charge in [0.05, 0.1) is 0 Å². The van der Waals surface area contributed by atoms with Gasteiger partial charge in [-0.25, -0.2) is 0 Å². The molecule has 1 aliphatic rings. The van der Waals surface area contributed by atoms with Crippen molar-refractivity contribution < 1.29 is 19.2 Å². The molecule has 1 aromatic carbocycles. The summed E-state index contributed by atoms with van der Waals surface area (Å²) in [6.07, 6.45) is 0.477. The average molecular weight is 289 g/mol. The fourth-order valence-corrected chi connectivity index (χ4v) is 2.01. The summed E-state index contributed by atoms with van der Waals surface area (Å²) >= 11 is 0. The summed E-state index contributed by atoms with van der Waals surface area (Å²) in [4.78, 5) is 45.7. The molecule has 0 aliphatic carbocycles. The molecule has 3 N–H and O–H groups in total. The first kappa shape index (κ1) is 14.7. The lowest BCUT2D eigenvalue weighted by Crippen LogP contribution is -2.52. The fourth-order valence-electron chi connectivity index (χ4n) is 2.01. The maximum absolute atomic E-state index is 12.1. The van der Waals surface area contributed by atoms with Gasteiger partial charge in [0.2, 0.25) is 17.7 Å². The van der Waals surface area contributed by atoms with Crippen molar-refractivity contribution in [2.45, 2.75) is 25.8 Å². The van der Waals surface area contributed by atoms with E-state index in [1.54, 1.807) is 18.2 Å². The molecule has 1 unspecified atom stereocenters. The highest BCUT2D eigenvalue weighted by atomic mass is 16.2. The Bertz CT molecular complexity index is 612. The minimum Gasteiger partial charge on any atom is -0.340 e. The summed E-state index contributed by atoms with van der Waals surface area (Å²) in [5.74, 6) is -1.51. The van der Waals surface area contributed by atoms with Gasteiger partial charge < -0.3 is 10.6 Å². The van der Waals surface area contributed by atoms with E-state index in [2.05, 4.69) is 16.0 Å². The second kappa shape index (κ2) is 6.17. The molecule has 0 spiro atoms. The van der Waals surface area contributed by atoms with E-state index in [0.717, 1.165) is 0 Å². The zero-order chi connectivity index (χ0) is 15.4. The molecule has 1 aromatic rings. The predicted molar refractivity (Wildman–Crippen MR) is 74.4 cm³/mol. The van der Waals surface area contributed by atoms with Gasteiger partial charge in [-0.3, -0.25) is 24.5 Å². The standard InChI is InChI=1S/C14H15N3O4/c1-8(18)15-10-4-2-3-9(7-10)13(20)16-11-5-6-12(19)17-14(11)21/h2-4,7,11H,5-6H2,1H3,(H,15,18)(H,16,20)(H,17,19,21). The molecule has 110 valence electrons. The highest BCUT2D eigenvalue weighted by Gasteiger charge is 2.28. The van der Waals surface area contributed by atoms with Crippen LogP contribution in [0.4, 0.5) is 5.69 Å². The number of carbonyl (C=O) groups excluding carboxylic acids is 4. The van der Waals surface area contributed by atoms with Crippen LogP contribution in [0.2, 0.25) is 0 Å². The number of rotatable bonds is 3. The first-order valence-electron chi connectivity index (χ1n) is 6.48. The minimum atomic E-state index is -0.723. The maximum atomic E-state index is 12.1. The van der Waals surface area contributed by atoms with Crippen LogP contribution >= 0.6 is 0 Å². The third kappa shape index (κ3) is 3.88. The number of benzene rings is 1. The molecular formula is C14H15N3O4. The molecule has 0 bridgehead atoms. The van der Waals surface area contributed by atoms with Crippen LogP contribution in [0.1, 0.15) is 30.1 Å². The molecule has 0 radical (unpaired) electrons. The summed E-state index contributed by atoms with van der Waals surface area (Å²) in [7, 11) is 0. The second-order valence-electron chi connectivity index (χ2n) is 4.74. The number of amides is 4. The number of carbonyl (C=O) groups is 4. The van der Waals surface area contributed by atoms with Gasteiger partial charge in [0, 0.05) is 24.6 Å². The van der Waals surface area contributed by atoms with Crippen molar-refractivity contribution in [3.8, 4) is 0 Å². The Kier molecular flexibility index (Phi) is 4.32. The van der Waals surface area contributed by atoms with E-state index in [9.17, 15) is 19.2 Å². The molecule has 7 nitrogen and oxygen atoms in total. The molecule has 1 atom stereocenters. The highest BCUT2D eigenvalue weighted by molar-refractivity contribution is 6.04. The molecule has 7 heteroatoms. The molecule has 4 amide bonds. The zero-order valence-electron chi connectivity index (χ0n) is 11.4. The minimum absolute atomic E-state index is 0.197. The molecule has 0 saturated carbocycles. The third-order valence-corrected chi connectivity index (χ3v) is 2.99. The Morgan fingerprint density at radius 2 is 2.05 bits per heavy atom. The first-order chi connectivity index (χ1) is 9.95. The van der Waals surface area contributed by atoms with Gasteiger partial charge in [-0.05, 0) is 24.6 Å². The Hall–Kier alpha value is -2.70. The van der Waals surface area contributed by atoms with E-state index in [1.165, 1.54) is 13.0 Å². The van der Waals surface area contributed by atoms with Crippen LogP contribution < -0.4 is 16.0 Å². The highest BCUT2D eigenvalue weighted by Crippen LogP contribution is 2.12. The summed E-state index contributed by atoms with van der Waals surface area (Å²) < 4.78 is 0. The molecule has 1 aliphatic heterocycles. The van der Waals surface area contributed by atoms with Gasteiger partial charge >= 0.3 is 0 Å². The van der Waals surface area contributed by atoms with Crippen molar-refractivity contribution in [2.24, 2.45) is 0 Å². The summed E-state index contributed by atoms with van der Waals surface area (Å²) in [6.45, 7) is 1.37. The monoisotopic (exact) mass is 289 g/mol. The van der Waals surface area contributed by atoms with E-state index >= 15 is 0 Å². The first-order valence-corrected chi connectivity index (χ1v) is 6.48. The van der Waals surface area contributed by atoms with Crippen LogP contribution in [-0.2, 0) is 14.4 Å². The number of hydrogen-bond acceptors (Lipinski definition) is 4. The molecule has 2 rings (SSSR count). The van der Waals surface area contributed by atoms with Gasteiger partial charge in [-0.2, -0.15) is 0 Å². The maximum Gasteiger partial charge on any atom is 0.252 e. The summed E-state index contributed by atoms with van der Waals surface area (Å²) in [5, 5.41) is 7.32. The SMILES string of the molecule is CC(=O)Nc1cccc(C(=O)NC2CCC(=O)NC2=O)c1. The van der Waals surface area contributed by atoms with Crippen molar-refractivity contribution in [2.75, 3.05) is 5.32 Å². The van der Waals surface area contributed by atoms with Crippen molar-refractivity contribution in [1.29, 1.82) is 0 Å². The summed E-state index contributed by atoms with van der Waals surface area (Å²) in [6, 6.07) is 5.66. The van der Waals surface area contributed by atoms with Crippen LogP contribution in [0, 0.1) is 0 Å². The van der Waals surface area contributed by atoms with Crippen LogP contribution in [0.15, 0.2) is 24.3 Å². The zero-order valence-corrected chi connectivity index (χ0v) is 11.4. The largest absolute Gasteiger partial charge is 0.340 e. The number of hydrogen-bond donors (Lipinski definition) is 3.